The van der Waals surface area contributed by atoms with Gasteiger partial charge in [-0.25, -0.2) is 14.6 Å². The van der Waals surface area contributed by atoms with E-state index in [4.69, 9.17) is 14.5 Å². The zero-order valence-electron chi connectivity index (χ0n) is 16.4. The molecule has 1 saturated heterocycles. The van der Waals surface area contributed by atoms with E-state index in [0.717, 1.165) is 48.8 Å². The van der Waals surface area contributed by atoms with E-state index >= 15 is 0 Å². The molecule has 1 aliphatic rings. The molecule has 0 bridgehead atoms. The number of amides is 1. The highest BCUT2D eigenvalue weighted by Crippen LogP contribution is 2.34. The lowest BCUT2D eigenvalue weighted by molar-refractivity contribution is -0.119. The Bertz CT molecular complexity index is 939. The predicted octanol–water partition coefficient (Wildman–Crippen LogP) is 1.65. The van der Waals surface area contributed by atoms with E-state index in [1.807, 2.05) is 25.1 Å². The van der Waals surface area contributed by atoms with Crippen LogP contribution >= 0.6 is 11.3 Å². The molecule has 1 fully saturated rings. The number of rotatable bonds is 8. The number of anilines is 1. The number of aromatic nitrogens is 4. The van der Waals surface area contributed by atoms with Gasteiger partial charge in [-0.1, -0.05) is 17.4 Å². The van der Waals surface area contributed by atoms with E-state index < -0.39 is 0 Å². The summed E-state index contributed by atoms with van der Waals surface area (Å²) in [5.74, 6) is 0.671. The number of nitrogens with zero attached hydrogens (tertiary/aromatic N) is 6. The summed E-state index contributed by atoms with van der Waals surface area (Å²) in [5.41, 5.74) is 0.791. The summed E-state index contributed by atoms with van der Waals surface area (Å²) in [6.45, 7) is 7.16. The van der Waals surface area contributed by atoms with Crippen LogP contribution in [0.25, 0.3) is 10.2 Å². The summed E-state index contributed by atoms with van der Waals surface area (Å²) in [6.07, 6.45) is 2.97. The lowest BCUT2D eigenvalue weighted by Crippen LogP contribution is -2.44. The minimum atomic E-state index is -0.0687. The quantitative estimate of drug-likeness (QED) is 0.552. The molecular formula is C19H24N6O3S. The van der Waals surface area contributed by atoms with Gasteiger partial charge in [-0.2, -0.15) is 5.10 Å². The zero-order chi connectivity index (χ0) is 20.1. The minimum absolute atomic E-state index is 0.0687. The van der Waals surface area contributed by atoms with Crippen molar-refractivity contribution >= 4 is 32.6 Å². The van der Waals surface area contributed by atoms with Gasteiger partial charge in [-0.3, -0.25) is 14.6 Å². The minimum Gasteiger partial charge on any atom is -0.492 e. The topological polar surface area (TPSA) is 85.6 Å². The van der Waals surface area contributed by atoms with Gasteiger partial charge in [0, 0.05) is 26.2 Å². The standard InChI is InChI=1S/C19H24N6O3S/c1-2-28-15-4-3-5-16-18(15)22-19(29-16)25(7-6-23-8-10-27-11-9-23)17(26)12-24-14-20-13-21-24/h3-5,13-14H,2,6-12H2,1H3. The van der Waals surface area contributed by atoms with Crippen LogP contribution in [0.4, 0.5) is 5.13 Å². The van der Waals surface area contributed by atoms with Gasteiger partial charge in [0.05, 0.1) is 24.5 Å². The second kappa shape index (κ2) is 9.29. The Labute approximate surface area is 172 Å². The fourth-order valence-corrected chi connectivity index (χ4v) is 4.26. The summed E-state index contributed by atoms with van der Waals surface area (Å²) in [5, 5.41) is 4.73. The first-order valence-electron chi connectivity index (χ1n) is 9.70. The molecule has 0 N–H and O–H groups in total. The molecule has 154 valence electrons. The number of para-hydroxylation sites is 1. The number of carbonyl (C=O) groups excluding carboxylic acids is 1. The van der Waals surface area contributed by atoms with Crippen LogP contribution in [-0.4, -0.2) is 76.6 Å². The Balaban J connectivity index is 1.58. The van der Waals surface area contributed by atoms with Crippen molar-refractivity contribution in [3.05, 3.63) is 30.9 Å². The number of benzene rings is 1. The monoisotopic (exact) mass is 416 g/mol. The molecule has 0 atom stereocenters. The van der Waals surface area contributed by atoms with E-state index in [-0.39, 0.29) is 12.5 Å². The van der Waals surface area contributed by atoms with Crippen LogP contribution in [0.15, 0.2) is 30.9 Å². The summed E-state index contributed by atoms with van der Waals surface area (Å²) < 4.78 is 13.7. The van der Waals surface area contributed by atoms with Crippen LogP contribution in [-0.2, 0) is 16.1 Å². The normalized spacial score (nSPS) is 14.9. The molecule has 1 aromatic carbocycles. The molecule has 4 rings (SSSR count). The lowest BCUT2D eigenvalue weighted by Gasteiger charge is -2.29. The molecule has 0 aliphatic carbocycles. The second-order valence-electron chi connectivity index (χ2n) is 6.62. The summed E-state index contributed by atoms with van der Waals surface area (Å²) >= 11 is 1.50. The molecule has 2 aromatic heterocycles. The number of morpholine rings is 1. The molecule has 9 nitrogen and oxygen atoms in total. The van der Waals surface area contributed by atoms with E-state index in [2.05, 4.69) is 15.0 Å². The van der Waals surface area contributed by atoms with Crippen molar-refractivity contribution in [2.75, 3.05) is 50.9 Å². The number of thiazole rings is 1. The maximum atomic E-state index is 13.1. The first-order chi connectivity index (χ1) is 14.2. The largest absolute Gasteiger partial charge is 0.492 e. The van der Waals surface area contributed by atoms with Gasteiger partial charge in [0.1, 0.15) is 30.5 Å². The van der Waals surface area contributed by atoms with Crippen LogP contribution in [0.3, 0.4) is 0 Å². The Morgan fingerprint density at radius 3 is 2.97 bits per heavy atom. The average Bonchev–Trinajstić information content (AvgIpc) is 3.39. The van der Waals surface area contributed by atoms with Gasteiger partial charge in [0.15, 0.2) is 5.13 Å². The first kappa shape index (κ1) is 19.7. The van der Waals surface area contributed by atoms with E-state index in [0.29, 0.717) is 18.3 Å². The fraction of sp³-hybridized carbons (Fsp3) is 0.474. The smallest absolute Gasteiger partial charge is 0.250 e. The Morgan fingerprint density at radius 2 is 2.21 bits per heavy atom. The van der Waals surface area contributed by atoms with Crippen molar-refractivity contribution in [1.82, 2.24) is 24.6 Å². The van der Waals surface area contributed by atoms with Gasteiger partial charge < -0.3 is 9.47 Å². The number of hydrogen-bond acceptors (Lipinski definition) is 8. The molecule has 1 aliphatic heterocycles. The van der Waals surface area contributed by atoms with Crippen LogP contribution in [0.2, 0.25) is 0 Å². The van der Waals surface area contributed by atoms with E-state index in [9.17, 15) is 4.79 Å². The number of carbonyl (C=O) groups is 1. The molecule has 10 heteroatoms. The molecule has 3 aromatic rings. The van der Waals surface area contributed by atoms with Crippen molar-refractivity contribution in [2.45, 2.75) is 13.5 Å². The molecule has 3 heterocycles. The third kappa shape index (κ3) is 4.72. The number of ether oxygens (including phenoxy) is 2. The van der Waals surface area contributed by atoms with Crippen LogP contribution in [0, 0.1) is 0 Å². The molecular weight excluding hydrogens is 392 g/mol. The maximum Gasteiger partial charge on any atom is 0.250 e. The van der Waals surface area contributed by atoms with Crippen molar-refractivity contribution in [2.24, 2.45) is 0 Å². The predicted molar refractivity (Wildman–Crippen MR) is 110 cm³/mol. The van der Waals surface area contributed by atoms with Crippen molar-refractivity contribution < 1.29 is 14.3 Å². The van der Waals surface area contributed by atoms with Gasteiger partial charge >= 0.3 is 0 Å². The van der Waals surface area contributed by atoms with E-state index in [1.165, 1.54) is 22.3 Å². The van der Waals surface area contributed by atoms with Gasteiger partial charge in [-0.05, 0) is 19.1 Å². The number of hydrogen-bond donors (Lipinski definition) is 0. The molecule has 0 radical (unpaired) electrons. The lowest BCUT2D eigenvalue weighted by atomic mass is 10.3. The summed E-state index contributed by atoms with van der Waals surface area (Å²) in [6, 6.07) is 5.86. The van der Waals surface area contributed by atoms with Crippen LogP contribution < -0.4 is 9.64 Å². The third-order valence-corrected chi connectivity index (χ3v) is 5.75. The molecule has 0 unspecified atom stereocenters. The van der Waals surface area contributed by atoms with Crippen molar-refractivity contribution in [1.29, 1.82) is 0 Å². The highest BCUT2D eigenvalue weighted by molar-refractivity contribution is 7.22. The van der Waals surface area contributed by atoms with Crippen molar-refractivity contribution in [3.8, 4) is 5.75 Å². The Kier molecular flexibility index (Phi) is 6.33. The summed E-state index contributed by atoms with van der Waals surface area (Å²) in [4.78, 5) is 25.8. The molecule has 0 spiro atoms. The van der Waals surface area contributed by atoms with Crippen LogP contribution in [0.1, 0.15) is 6.92 Å². The molecule has 29 heavy (non-hydrogen) atoms. The molecule has 0 saturated carbocycles. The SMILES string of the molecule is CCOc1cccc2sc(N(CCN3CCOCC3)C(=O)Cn3cncn3)nc12. The van der Waals surface area contributed by atoms with Gasteiger partial charge in [0.25, 0.3) is 5.91 Å². The second-order valence-corrected chi connectivity index (χ2v) is 7.63. The molecule has 1 amide bonds. The fourth-order valence-electron chi connectivity index (χ4n) is 3.23. The number of fused-ring (bicyclic) bond motifs is 1. The highest BCUT2D eigenvalue weighted by Gasteiger charge is 2.23. The van der Waals surface area contributed by atoms with Gasteiger partial charge in [-0.15, -0.1) is 0 Å². The van der Waals surface area contributed by atoms with Crippen LogP contribution in [0.5, 0.6) is 5.75 Å². The van der Waals surface area contributed by atoms with Crippen molar-refractivity contribution in [3.63, 3.8) is 0 Å². The third-order valence-electron chi connectivity index (χ3n) is 4.71. The Hall–Kier alpha value is -2.56. The Morgan fingerprint density at radius 1 is 1.34 bits per heavy atom. The maximum absolute atomic E-state index is 13.1. The first-order valence-corrected chi connectivity index (χ1v) is 10.5. The zero-order valence-corrected chi connectivity index (χ0v) is 17.2. The summed E-state index contributed by atoms with van der Waals surface area (Å²) in [7, 11) is 0. The van der Waals surface area contributed by atoms with E-state index in [1.54, 1.807) is 11.2 Å². The van der Waals surface area contributed by atoms with Gasteiger partial charge in [0.2, 0.25) is 0 Å². The average molecular weight is 417 g/mol. The highest BCUT2D eigenvalue weighted by atomic mass is 32.1.